The molecule has 0 saturated carbocycles. The number of hydrogen-bond acceptors (Lipinski definition) is 8. The first kappa shape index (κ1) is 30.4. The van der Waals surface area contributed by atoms with Crippen molar-refractivity contribution in [2.75, 3.05) is 34.8 Å². The Kier molecular flexibility index (Phi) is 9.07. The number of nitrogens with one attached hydrogen (secondary N) is 3. The van der Waals surface area contributed by atoms with Crippen LogP contribution in [0.4, 0.5) is 22.1 Å². The Morgan fingerprint density at radius 1 is 1.11 bits per heavy atom. The number of nitrogens with zero attached hydrogens (tertiary/aromatic N) is 4. The lowest BCUT2D eigenvalue weighted by molar-refractivity contribution is 0.0984. The summed E-state index contributed by atoms with van der Waals surface area (Å²) in [6, 6.07) is 11.7. The van der Waals surface area contributed by atoms with E-state index in [0.717, 1.165) is 4.90 Å². The van der Waals surface area contributed by atoms with Crippen molar-refractivity contribution >= 4 is 57.9 Å². The summed E-state index contributed by atoms with van der Waals surface area (Å²) in [5, 5.41) is 26.0. The van der Waals surface area contributed by atoms with Gasteiger partial charge in [-0.25, -0.2) is 14.7 Å². The van der Waals surface area contributed by atoms with E-state index in [9.17, 15) is 29.4 Å². The van der Waals surface area contributed by atoms with E-state index in [2.05, 4.69) is 25.6 Å². The fourth-order valence-corrected chi connectivity index (χ4v) is 5.23. The molecule has 13 nitrogen and oxygen atoms in total. The zero-order valence-electron chi connectivity index (χ0n) is 23.7. The fraction of sp³-hybridized carbons (Fsp3) is 0.267. The highest BCUT2D eigenvalue weighted by Crippen LogP contribution is 2.27. The highest BCUT2D eigenvalue weighted by Gasteiger charge is 2.29. The fourth-order valence-electron chi connectivity index (χ4n) is 5.07. The lowest BCUT2D eigenvalue weighted by Gasteiger charge is -2.30. The Labute approximate surface area is 256 Å². The van der Waals surface area contributed by atoms with Gasteiger partial charge >= 0.3 is 6.09 Å². The number of halogens is 1. The highest BCUT2D eigenvalue weighted by atomic mass is 35.5. The summed E-state index contributed by atoms with van der Waals surface area (Å²) in [5.41, 5.74) is -0.100. The molecular formula is C30H30ClN7O6. The number of amides is 3. The molecule has 0 aliphatic carbocycles. The Morgan fingerprint density at radius 3 is 2.59 bits per heavy atom. The molecule has 14 heteroatoms. The molecule has 2 aromatic heterocycles. The third-order valence-corrected chi connectivity index (χ3v) is 7.55. The average Bonchev–Trinajstić information content (AvgIpc) is 3.00. The second-order valence-corrected chi connectivity index (χ2v) is 10.7. The third-order valence-electron chi connectivity index (χ3n) is 7.22. The van der Waals surface area contributed by atoms with E-state index in [4.69, 9.17) is 11.6 Å². The normalized spacial score (nSPS) is 13.4. The molecule has 1 aliphatic heterocycles. The molecule has 1 saturated heterocycles. The number of pyridine rings is 1. The van der Waals surface area contributed by atoms with Crippen LogP contribution in [0.15, 0.2) is 59.5 Å². The number of benzene rings is 2. The van der Waals surface area contributed by atoms with Crippen molar-refractivity contribution in [3.63, 3.8) is 0 Å². The predicted molar refractivity (Wildman–Crippen MR) is 166 cm³/mol. The van der Waals surface area contributed by atoms with Crippen LogP contribution in [0.25, 0.3) is 11.0 Å². The molecule has 0 bridgehead atoms. The van der Waals surface area contributed by atoms with Crippen LogP contribution < -0.4 is 26.0 Å². The van der Waals surface area contributed by atoms with Crippen LogP contribution in [0.3, 0.4) is 0 Å². The maximum absolute atomic E-state index is 13.5. The van der Waals surface area contributed by atoms with E-state index in [0.29, 0.717) is 50.0 Å². The van der Waals surface area contributed by atoms with Crippen molar-refractivity contribution in [2.45, 2.75) is 32.2 Å². The summed E-state index contributed by atoms with van der Waals surface area (Å²) in [4.78, 5) is 65.3. The van der Waals surface area contributed by atoms with Gasteiger partial charge in [-0.3, -0.25) is 14.4 Å². The van der Waals surface area contributed by atoms with Gasteiger partial charge in [0, 0.05) is 41.5 Å². The number of aromatic nitrogens is 3. The van der Waals surface area contributed by atoms with Crippen LogP contribution in [-0.2, 0) is 0 Å². The predicted octanol–water partition coefficient (Wildman–Crippen LogP) is 4.22. The SMILES string of the molecule is CCCN(C(=O)c1ccc(Cl)c(NC(=O)c2cc3cnc(N(C(=O)O)C4CCNCC4)nc3[nH]c2=O)c1)c1cccc(O)c1. The number of phenols is 1. The van der Waals surface area contributed by atoms with Gasteiger partial charge in [0.05, 0.1) is 10.7 Å². The van der Waals surface area contributed by atoms with Gasteiger partial charge in [-0.15, -0.1) is 0 Å². The van der Waals surface area contributed by atoms with E-state index in [-0.39, 0.29) is 51.1 Å². The Morgan fingerprint density at radius 2 is 1.89 bits per heavy atom. The maximum Gasteiger partial charge on any atom is 0.414 e. The average molecular weight is 620 g/mol. The van der Waals surface area contributed by atoms with Crippen LogP contribution in [-0.4, -0.2) is 68.7 Å². The number of carbonyl (C=O) groups is 3. The minimum absolute atomic E-state index is 0.0173. The second-order valence-electron chi connectivity index (χ2n) is 10.2. The number of piperidine rings is 1. The third kappa shape index (κ3) is 6.48. The van der Waals surface area contributed by atoms with Gasteiger partial charge in [0.15, 0.2) is 0 Å². The van der Waals surface area contributed by atoms with Gasteiger partial charge in [0.1, 0.15) is 17.0 Å². The van der Waals surface area contributed by atoms with Crippen molar-refractivity contribution in [1.29, 1.82) is 0 Å². The Bertz CT molecular complexity index is 1790. The lowest BCUT2D eigenvalue weighted by atomic mass is 10.1. The zero-order chi connectivity index (χ0) is 31.4. The minimum Gasteiger partial charge on any atom is -0.508 e. The number of hydrogen-bond donors (Lipinski definition) is 5. The van der Waals surface area contributed by atoms with Crippen LogP contribution in [0.1, 0.15) is 46.9 Å². The van der Waals surface area contributed by atoms with Crippen LogP contribution in [0.5, 0.6) is 5.75 Å². The number of anilines is 3. The molecule has 0 radical (unpaired) electrons. The molecule has 0 unspecified atom stereocenters. The number of carbonyl (C=O) groups excluding carboxylic acids is 2. The summed E-state index contributed by atoms with van der Waals surface area (Å²) in [5.74, 6) is -1.21. The van der Waals surface area contributed by atoms with E-state index < -0.39 is 17.6 Å². The standard InChI is InChI=1S/C30H30ClN7O6/c1-2-12-37(20-4-3-5-21(39)15-20)28(42)17-6-7-23(31)24(14-17)34-26(40)22-13-18-16-33-29(36-25(18)35-27(22)41)38(30(43)44)19-8-10-32-11-9-19/h3-7,13-16,19,32,39H,2,8-12H2,1H3,(H,34,40)(H,43,44)(H,33,35,36,41). The number of aromatic hydroxyl groups is 1. The molecule has 228 valence electrons. The molecule has 1 aliphatic rings. The van der Waals surface area contributed by atoms with Crippen LogP contribution in [0, 0.1) is 0 Å². The number of H-pyrrole nitrogens is 1. The Hall–Kier alpha value is -5.01. The number of rotatable bonds is 8. The first-order chi connectivity index (χ1) is 21.2. The molecule has 1 fully saturated rings. The number of fused-ring (bicyclic) bond motifs is 1. The molecule has 4 aromatic rings. The topological polar surface area (TPSA) is 181 Å². The van der Waals surface area contributed by atoms with Gasteiger partial charge in [-0.05, 0) is 68.8 Å². The maximum atomic E-state index is 13.5. The molecule has 5 rings (SSSR count). The van der Waals surface area contributed by atoms with Crippen molar-refractivity contribution in [1.82, 2.24) is 20.3 Å². The largest absolute Gasteiger partial charge is 0.508 e. The summed E-state index contributed by atoms with van der Waals surface area (Å²) >= 11 is 6.35. The molecule has 5 N–H and O–H groups in total. The van der Waals surface area contributed by atoms with E-state index in [1.807, 2.05) is 6.92 Å². The smallest absolute Gasteiger partial charge is 0.414 e. The monoisotopic (exact) mass is 619 g/mol. The first-order valence-electron chi connectivity index (χ1n) is 14.0. The van der Waals surface area contributed by atoms with Gasteiger partial charge in [-0.1, -0.05) is 24.6 Å². The molecule has 3 heterocycles. The van der Waals surface area contributed by atoms with Gasteiger partial charge in [0.2, 0.25) is 5.95 Å². The summed E-state index contributed by atoms with van der Waals surface area (Å²) in [7, 11) is 0. The van der Waals surface area contributed by atoms with Crippen LogP contribution in [0.2, 0.25) is 5.02 Å². The van der Waals surface area contributed by atoms with Crippen molar-refractivity contribution in [2.24, 2.45) is 0 Å². The number of aromatic amines is 1. The first-order valence-corrected chi connectivity index (χ1v) is 14.4. The van der Waals surface area contributed by atoms with Crippen molar-refractivity contribution in [3.05, 3.63) is 81.2 Å². The van der Waals surface area contributed by atoms with Crippen molar-refractivity contribution < 1.29 is 24.6 Å². The molecule has 44 heavy (non-hydrogen) atoms. The highest BCUT2D eigenvalue weighted by molar-refractivity contribution is 6.34. The molecule has 2 aromatic carbocycles. The quantitative estimate of drug-likeness (QED) is 0.193. The number of carboxylic acid groups (broad SMARTS) is 1. The molecule has 0 spiro atoms. The number of phenolic OH excluding ortho intramolecular Hbond substituents is 1. The van der Waals surface area contributed by atoms with E-state index >= 15 is 0 Å². The van der Waals surface area contributed by atoms with Crippen molar-refractivity contribution in [3.8, 4) is 5.75 Å². The zero-order valence-corrected chi connectivity index (χ0v) is 24.5. The molecule has 0 atom stereocenters. The van der Waals surface area contributed by atoms with Gasteiger partial charge in [-0.2, -0.15) is 4.98 Å². The molecular weight excluding hydrogens is 590 g/mol. The summed E-state index contributed by atoms with van der Waals surface area (Å²) < 4.78 is 0. The molecule has 3 amide bonds. The lowest BCUT2D eigenvalue weighted by Crippen LogP contribution is -2.46. The minimum atomic E-state index is -1.20. The van der Waals surface area contributed by atoms with E-state index in [1.165, 1.54) is 47.5 Å². The van der Waals surface area contributed by atoms with Crippen LogP contribution >= 0.6 is 11.6 Å². The van der Waals surface area contributed by atoms with E-state index in [1.54, 1.807) is 12.1 Å². The summed E-state index contributed by atoms with van der Waals surface area (Å²) in [6.45, 7) is 3.62. The summed E-state index contributed by atoms with van der Waals surface area (Å²) in [6.07, 6.45) is 1.97. The second kappa shape index (κ2) is 13.1. The van der Waals surface area contributed by atoms with Gasteiger partial charge in [0.25, 0.3) is 17.4 Å². The Balaban J connectivity index is 1.40. The van der Waals surface area contributed by atoms with Gasteiger partial charge < -0.3 is 30.7 Å².